The van der Waals surface area contributed by atoms with Crippen LogP contribution in [0.15, 0.2) is 0 Å². The Morgan fingerprint density at radius 2 is 2.06 bits per heavy atom. The Morgan fingerprint density at radius 3 is 2.56 bits per heavy atom. The van der Waals surface area contributed by atoms with E-state index in [1.165, 1.54) is 0 Å². The van der Waals surface area contributed by atoms with E-state index in [2.05, 4.69) is 22.6 Å². The first-order chi connectivity index (χ1) is 7.62. The summed E-state index contributed by atoms with van der Waals surface area (Å²) in [5.74, 6) is 0. The molecule has 0 atom stereocenters. The highest BCUT2D eigenvalue weighted by Crippen LogP contribution is 2.20. The molecule has 0 spiro atoms. The summed E-state index contributed by atoms with van der Waals surface area (Å²) < 4.78 is 0. The van der Waals surface area contributed by atoms with Crippen LogP contribution >= 0.6 is 0 Å². The Balaban J connectivity index is 2.44. The predicted molar refractivity (Wildman–Crippen MR) is 65.3 cm³/mol. The molecule has 5 heteroatoms. The molecular formula is C11H24N4O. The van der Waals surface area contributed by atoms with E-state index in [4.69, 9.17) is 5.73 Å². The molecule has 0 radical (unpaired) electrons. The Morgan fingerprint density at radius 1 is 1.44 bits per heavy atom. The summed E-state index contributed by atoms with van der Waals surface area (Å²) >= 11 is 0. The number of hydrogen-bond acceptors (Lipinski definition) is 3. The molecule has 4 N–H and O–H groups in total. The van der Waals surface area contributed by atoms with Crippen LogP contribution in [0, 0.1) is 0 Å². The van der Waals surface area contributed by atoms with Crippen LogP contribution < -0.4 is 16.4 Å². The maximum absolute atomic E-state index is 11.6. The van der Waals surface area contributed by atoms with E-state index < -0.39 is 0 Å². The number of piperidine rings is 1. The van der Waals surface area contributed by atoms with E-state index >= 15 is 0 Å². The van der Waals surface area contributed by atoms with Crippen LogP contribution in [-0.4, -0.2) is 49.7 Å². The van der Waals surface area contributed by atoms with Gasteiger partial charge in [0.1, 0.15) is 0 Å². The minimum atomic E-state index is -0.204. The van der Waals surface area contributed by atoms with E-state index in [0.29, 0.717) is 13.1 Å². The molecule has 0 aromatic carbocycles. The van der Waals surface area contributed by atoms with Crippen molar-refractivity contribution in [2.45, 2.75) is 31.7 Å². The third-order valence-electron chi connectivity index (χ3n) is 3.25. The van der Waals surface area contributed by atoms with Gasteiger partial charge >= 0.3 is 6.03 Å². The van der Waals surface area contributed by atoms with Gasteiger partial charge in [-0.15, -0.1) is 0 Å². The van der Waals surface area contributed by atoms with Gasteiger partial charge in [0.25, 0.3) is 0 Å². The van der Waals surface area contributed by atoms with Crippen molar-refractivity contribution in [3.8, 4) is 0 Å². The van der Waals surface area contributed by atoms with Crippen LogP contribution in [0.4, 0.5) is 4.79 Å². The van der Waals surface area contributed by atoms with Crippen LogP contribution in [0.5, 0.6) is 0 Å². The summed E-state index contributed by atoms with van der Waals surface area (Å²) in [6, 6.07) is -0.0862. The molecule has 1 heterocycles. The number of hydrogen-bond donors (Lipinski definition) is 3. The van der Waals surface area contributed by atoms with Gasteiger partial charge in [-0.05, 0) is 26.3 Å². The second kappa shape index (κ2) is 6.06. The normalized spacial score (nSPS) is 20.4. The van der Waals surface area contributed by atoms with E-state index in [1.807, 2.05) is 6.92 Å². The van der Waals surface area contributed by atoms with Crippen LogP contribution in [-0.2, 0) is 0 Å². The number of rotatable bonds is 4. The Bertz CT molecular complexity index is 224. The van der Waals surface area contributed by atoms with E-state index in [9.17, 15) is 4.79 Å². The van der Waals surface area contributed by atoms with E-state index in [1.54, 1.807) is 0 Å². The van der Waals surface area contributed by atoms with Crippen molar-refractivity contribution < 1.29 is 4.79 Å². The molecule has 5 nitrogen and oxygen atoms in total. The fraction of sp³-hybridized carbons (Fsp3) is 0.909. The monoisotopic (exact) mass is 228 g/mol. The SMILES string of the molecule is CCCNC(=O)NC1(CN)CCN(C)CC1. The number of amides is 2. The zero-order chi connectivity index (χ0) is 12.0. The molecule has 1 fully saturated rings. The van der Waals surface area contributed by atoms with Gasteiger partial charge in [-0.25, -0.2) is 4.79 Å². The van der Waals surface area contributed by atoms with Crippen molar-refractivity contribution in [1.82, 2.24) is 15.5 Å². The zero-order valence-corrected chi connectivity index (χ0v) is 10.4. The minimum Gasteiger partial charge on any atom is -0.338 e. The summed E-state index contributed by atoms with van der Waals surface area (Å²) in [5, 5.41) is 5.87. The topological polar surface area (TPSA) is 70.4 Å². The van der Waals surface area contributed by atoms with Gasteiger partial charge in [0.2, 0.25) is 0 Å². The average Bonchev–Trinajstić information content (AvgIpc) is 2.30. The van der Waals surface area contributed by atoms with Crippen molar-refractivity contribution in [3.63, 3.8) is 0 Å². The smallest absolute Gasteiger partial charge is 0.315 e. The number of likely N-dealkylation sites (tertiary alicyclic amines) is 1. The first-order valence-electron chi connectivity index (χ1n) is 6.06. The molecule has 0 aromatic rings. The Kier molecular flexibility index (Phi) is 5.02. The van der Waals surface area contributed by atoms with Gasteiger partial charge in [-0.3, -0.25) is 0 Å². The fourth-order valence-electron chi connectivity index (χ4n) is 1.95. The molecule has 0 aromatic heterocycles. The molecule has 94 valence electrons. The highest BCUT2D eigenvalue weighted by Gasteiger charge is 2.33. The van der Waals surface area contributed by atoms with Gasteiger partial charge in [-0.1, -0.05) is 6.92 Å². The predicted octanol–water partition coefficient (Wildman–Crippen LogP) is 0.119. The second-order valence-corrected chi connectivity index (χ2v) is 4.67. The molecule has 2 amide bonds. The highest BCUT2D eigenvalue weighted by molar-refractivity contribution is 5.74. The number of carbonyl (C=O) groups excluding carboxylic acids is 1. The molecule has 0 saturated carbocycles. The number of carbonyl (C=O) groups is 1. The lowest BCUT2D eigenvalue weighted by molar-refractivity contribution is 0.161. The molecular weight excluding hydrogens is 204 g/mol. The van der Waals surface area contributed by atoms with Crippen molar-refractivity contribution in [1.29, 1.82) is 0 Å². The molecule has 0 aliphatic carbocycles. The first kappa shape index (κ1) is 13.3. The summed E-state index contributed by atoms with van der Waals surface area (Å²) in [5.41, 5.74) is 5.60. The van der Waals surface area contributed by atoms with Crippen molar-refractivity contribution in [3.05, 3.63) is 0 Å². The van der Waals surface area contributed by atoms with Gasteiger partial charge in [0.15, 0.2) is 0 Å². The van der Waals surface area contributed by atoms with E-state index in [0.717, 1.165) is 32.4 Å². The minimum absolute atomic E-state index is 0.0862. The van der Waals surface area contributed by atoms with Crippen LogP contribution in [0.2, 0.25) is 0 Å². The number of nitrogens with one attached hydrogen (secondary N) is 2. The lowest BCUT2D eigenvalue weighted by Crippen LogP contribution is -2.60. The lowest BCUT2D eigenvalue weighted by Gasteiger charge is -2.40. The summed E-state index contributed by atoms with van der Waals surface area (Å²) in [6.45, 7) is 5.25. The molecule has 1 aliphatic rings. The lowest BCUT2D eigenvalue weighted by atomic mass is 9.88. The maximum atomic E-state index is 11.6. The number of nitrogens with two attached hydrogens (primary N) is 1. The number of urea groups is 1. The maximum Gasteiger partial charge on any atom is 0.315 e. The Hall–Kier alpha value is -0.810. The van der Waals surface area contributed by atoms with Gasteiger partial charge in [0.05, 0.1) is 5.54 Å². The molecule has 0 unspecified atom stereocenters. The molecule has 1 rings (SSSR count). The molecule has 16 heavy (non-hydrogen) atoms. The fourth-order valence-corrected chi connectivity index (χ4v) is 1.95. The Labute approximate surface area is 97.7 Å². The first-order valence-corrected chi connectivity index (χ1v) is 6.06. The van der Waals surface area contributed by atoms with Gasteiger partial charge < -0.3 is 21.3 Å². The standard InChI is InChI=1S/C11H24N4O/c1-3-6-13-10(16)14-11(9-12)4-7-15(2)8-5-11/h3-9,12H2,1-2H3,(H2,13,14,16). The third kappa shape index (κ3) is 3.64. The van der Waals surface area contributed by atoms with Crippen LogP contribution in [0.25, 0.3) is 0 Å². The largest absolute Gasteiger partial charge is 0.338 e. The second-order valence-electron chi connectivity index (χ2n) is 4.67. The zero-order valence-electron chi connectivity index (χ0n) is 10.4. The van der Waals surface area contributed by atoms with Crippen LogP contribution in [0.1, 0.15) is 26.2 Å². The van der Waals surface area contributed by atoms with Crippen molar-refractivity contribution >= 4 is 6.03 Å². The van der Waals surface area contributed by atoms with Gasteiger partial charge in [0, 0.05) is 26.2 Å². The molecule has 1 aliphatic heterocycles. The third-order valence-corrected chi connectivity index (χ3v) is 3.25. The van der Waals surface area contributed by atoms with Crippen molar-refractivity contribution in [2.24, 2.45) is 5.73 Å². The van der Waals surface area contributed by atoms with Gasteiger partial charge in [-0.2, -0.15) is 0 Å². The van der Waals surface area contributed by atoms with Crippen LogP contribution in [0.3, 0.4) is 0 Å². The summed E-state index contributed by atoms with van der Waals surface area (Å²) in [4.78, 5) is 13.9. The average molecular weight is 228 g/mol. The quantitative estimate of drug-likeness (QED) is 0.640. The highest BCUT2D eigenvalue weighted by atomic mass is 16.2. The van der Waals surface area contributed by atoms with Crippen molar-refractivity contribution in [2.75, 3.05) is 33.2 Å². The summed E-state index contributed by atoms with van der Waals surface area (Å²) in [7, 11) is 2.09. The summed E-state index contributed by atoms with van der Waals surface area (Å²) in [6.07, 6.45) is 2.81. The van der Waals surface area contributed by atoms with E-state index in [-0.39, 0.29) is 11.6 Å². The molecule has 0 bridgehead atoms. The number of nitrogens with zero attached hydrogens (tertiary/aromatic N) is 1. The molecule has 1 saturated heterocycles.